The second-order valence-corrected chi connectivity index (χ2v) is 11.6. The predicted octanol–water partition coefficient (Wildman–Crippen LogP) is 9.17. The molecule has 0 unspecified atom stereocenters. The Bertz CT molecular complexity index is 1430. The van der Waals surface area contributed by atoms with E-state index in [2.05, 4.69) is 76.1 Å². The zero-order valence-electron chi connectivity index (χ0n) is 17.6. The molecule has 0 spiro atoms. The van der Waals surface area contributed by atoms with Crippen LogP contribution in [0.5, 0.6) is 0 Å². The van der Waals surface area contributed by atoms with Crippen molar-refractivity contribution < 1.29 is 0 Å². The molecular formula is C26H23NS3. The second kappa shape index (κ2) is 7.23. The van der Waals surface area contributed by atoms with Crippen molar-refractivity contribution in [3.05, 3.63) is 71.1 Å². The summed E-state index contributed by atoms with van der Waals surface area (Å²) in [4.78, 5) is 6.10. The summed E-state index contributed by atoms with van der Waals surface area (Å²) in [6, 6.07) is 13.6. The zero-order chi connectivity index (χ0) is 21.0. The van der Waals surface area contributed by atoms with Crippen molar-refractivity contribution in [3.8, 4) is 11.3 Å². The molecule has 5 aromatic rings. The van der Waals surface area contributed by atoms with E-state index in [-0.39, 0.29) is 5.41 Å². The lowest BCUT2D eigenvalue weighted by Crippen LogP contribution is -2.12. The molecule has 0 bridgehead atoms. The summed E-state index contributed by atoms with van der Waals surface area (Å²) < 4.78 is 3.97. The van der Waals surface area contributed by atoms with Crippen LogP contribution >= 0.6 is 34.4 Å². The Hall–Kier alpha value is -2.14. The summed E-state index contributed by atoms with van der Waals surface area (Å²) >= 11 is 5.38. The van der Waals surface area contributed by atoms with Gasteiger partial charge in [-0.2, -0.15) is 0 Å². The summed E-state index contributed by atoms with van der Waals surface area (Å²) in [6.07, 6.45) is 1.96. The smallest absolute Gasteiger partial charge is 0.0880 e. The van der Waals surface area contributed by atoms with Gasteiger partial charge in [0, 0.05) is 36.8 Å². The van der Waals surface area contributed by atoms with Crippen LogP contribution in [0.25, 0.3) is 41.5 Å². The first-order valence-corrected chi connectivity index (χ1v) is 12.6. The maximum atomic E-state index is 4.83. The van der Waals surface area contributed by atoms with E-state index < -0.39 is 0 Å². The molecule has 0 N–H and O–H groups in total. The van der Waals surface area contributed by atoms with Gasteiger partial charge < -0.3 is 0 Å². The van der Waals surface area contributed by atoms with Crippen LogP contribution in [0, 0.1) is 6.92 Å². The number of fused-ring (bicyclic) bond motifs is 4. The molecule has 0 aliphatic rings. The monoisotopic (exact) mass is 445 g/mol. The Labute approximate surface area is 189 Å². The number of aromatic nitrogens is 1. The summed E-state index contributed by atoms with van der Waals surface area (Å²) in [7, 11) is 0. The first kappa shape index (κ1) is 19.8. The average Bonchev–Trinajstić information content (AvgIpc) is 3.26. The molecule has 0 fully saturated rings. The number of benzene rings is 2. The number of nitrogens with zero attached hydrogens (tertiary/aromatic N) is 1. The van der Waals surface area contributed by atoms with Gasteiger partial charge in [-0.3, -0.25) is 4.98 Å². The Morgan fingerprint density at radius 1 is 1.00 bits per heavy atom. The third kappa shape index (κ3) is 3.18. The summed E-state index contributed by atoms with van der Waals surface area (Å²) in [5.41, 5.74) is 5.01. The highest BCUT2D eigenvalue weighted by Crippen LogP contribution is 2.43. The van der Waals surface area contributed by atoms with E-state index in [1.54, 1.807) is 11.8 Å². The number of aryl methyl sites for hydroxylation is 1. The van der Waals surface area contributed by atoms with Crippen molar-refractivity contribution >= 4 is 64.7 Å². The highest BCUT2D eigenvalue weighted by Gasteiger charge is 2.20. The fourth-order valence-corrected chi connectivity index (χ4v) is 7.02. The number of rotatable bonds is 3. The standard InChI is InChI=1S/C26H23NS3/c1-6-28-21-8-7-16(11-20(21)26(3,4)5)24-25-17(9-10-27-24)19-13-22-18(12-23(19)30-25)15(2)14-29-22/h6-14H,1H2,2-5H3. The molecule has 0 aliphatic carbocycles. The quantitative estimate of drug-likeness (QED) is 0.257. The maximum absolute atomic E-state index is 4.83. The number of pyridine rings is 1. The van der Waals surface area contributed by atoms with Crippen LogP contribution in [-0.4, -0.2) is 4.98 Å². The third-order valence-corrected chi connectivity index (χ3v) is 8.56. The van der Waals surface area contributed by atoms with Crippen molar-refractivity contribution in [2.24, 2.45) is 0 Å². The van der Waals surface area contributed by atoms with Gasteiger partial charge in [-0.15, -0.1) is 22.7 Å². The van der Waals surface area contributed by atoms with E-state index in [1.165, 1.54) is 51.8 Å². The van der Waals surface area contributed by atoms with E-state index in [0.29, 0.717) is 0 Å². The lowest BCUT2D eigenvalue weighted by molar-refractivity contribution is 0.578. The molecular weight excluding hydrogens is 422 g/mol. The van der Waals surface area contributed by atoms with E-state index in [4.69, 9.17) is 4.98 Å². The molecule has 0 saturated heterocycles. The molecule has 2 aromatic carbocycles. The van der Waals surface area contributed by atoms with Crippen molar-refractivity contribution in [3.63, 3.8) is 0 Å². The van der Waals surface area contributed by atoms with Crippen LogP contribution in [0.15, 0.2) is 64.9 Å². The third-order valence-electron chi connectivity index (χ3n) is 5.55. The fraction of sp³-hybridized carbons (Fsp3) is 0.192. The lowest BCUT2D eigenvalue weighted by atomic mass is 9.85. The molecule has 0 aliphatic heterocycles. The van der Waals surface area contributed by atoms with Gasteiger partial charge in [-0.05, 0) is 70.0 Å². The minimum atomic E-state index is 0.0529. The van der Waals surface area contributed by atoms with Crippen molar-refractivity contribution in [2.45, 2.75) is 38.0 Å². The van der Waals surface area contributed by atoms with Gasteiger partial charge in [0.1, 0.15) is 0 Å². The topological polar surface area (TPSA) is 12.9 Å². The Balaban J connectivity index is 1.76. The van der Waals surface area contributed by atoms with Crippen LogP contribution in [0.3, 0.4) is 0 Å². The molecule has 1 nitrogen and oxygen atoms in total. The number of hydrogen-bond donors (Lipinski definition) is 0. The first-order chi connectivity index (χ1) is 14.4. The van der Waals surface area contributed by atoms with Gasteiger partial charge in [0.25, 0.3) is 0 Å². The number of thiophene rings is 2. The molecule has 0 radical (unpaired) electrons. The van der Waals surface area contributed by atoms with Gasteiger partial charge in [-0.25, -0.2) is 0 Å². The Morgan fingerprint density at radius 3 is 2.57 bits per heavy atom. The predicted molar refractivity (Wildman–Crippen MR) is 137 cm³/mol. The van der Waals surface area contributed by atoms with Crippen LogP contribution in [-0.2, 0) is 5.41 Å². The molecule has 30 heavy (non-hydrogen) atoms. The molecule has 150 valence electrons. The SMILES string of the molecule is C=CSc1ccc(-c2nccc3c2sc2cc4c(C)csc4cc23)cc1C(C)(C)C. The Morgan fingerprint density at radius 2 is 1.80 bits per heavy atom. The fourth-order valence-electron chi connectivity index (χ4n) is 4.01. The highest BCUT2D eigenvalue weighted by molar-refractivity contribution is 8.02. The molecule has 0 amide bonds. The number of hydrogen-bond acceptors (Lipinski definition) is 4. The van der Waals surface area contributed by atoms with E-state index in [1.807, 2.05) is 34.3 Å². The van der Waals surface area contributed by atoms with Gasteiger partial charge >= 0.3 is 0 Å². The van der Waals surface area contributed by atoms with Crippen molar-refractivity contribution in [2.75, 3.05) is 0 Å². The van der Waals surface area contributed by atoms with Crippen molar-refractivity contribution in [1.29, 1.82) is 0 Å². The van der Waals surface area contributed by atoms with Crippen LogP contribution < -0.4 is 0 Å². The molecule has 3 heterocycles. The average molecular weight is 446 g/mol. The second-order valence-electron chi connectivity index (χ2n) is 8.65. The van der Waals surface area contributed by atoms with Gasteiger partial charge in [0.05, 0.1) is 10.4 Å². The van der Waals surface area contributed by atoms with Gasteiger partial charge in [0.2, 0.25) is 0 Å². The minimum Gasteiger partial charge on any atom is -0.255 e. The van der Waals surface area contributed by atoms with E-state index >= 15 is 0 Å². The van der Waals surface area contributed by atoms with E-state index in [0.717, 1.165) is 5.69 Å². The lowest BCUT2D eigenvalue weighted by Gasteiger charge is -2.23. The maximum Gasteiger partial charge on any atom is 0.0880 e. The summed E-state index contributed by atoms with van der Waals surface area (Å²) in [5, 5.41) is 8.16. The van der Waals surface area contributed by atoms with Crippen LogP contribution in [0.2, 0.25) is 0 Å². The van der Waals surface area contributed by atoms with Gasteiger partial charge in [0.15, 0.2) is 0 Å². The van der Waals surface area contributed by atoms with Crippen molar-refractivity contribution in [1.82, 2.24) is 4.98 Å². The Kier molecular flexibility index (Phi) is 4.77. The molecule has 0 saturated carbocycles. The first-order valence-electron chi connectivity index (χ1n) is 9.98. The molecule has 0 atom stereocenters. The molecule has 5 rings (SSSR count). The minimum absolute atomic E-state index is 0.0529. The summed E-state index contributed by atoms with van der Waals surface area (Å²) in [5.74, 6) is 0. The zero-order valence-corrected chi connectivity index (χ0v) is 20.0. The molecule has 3 aromatic heterocycles. The largest absolute Gasteiger partial charge is 0.255 e. The number of thioether (sulfide) groups is 1. The van der Waals surface area contributed by atoms with Gasteiger partial charge in [-0.1, -0.05) is 45.2 Å². The van der Waals surface area contributed by atoms with Crippen LogP contribution in [0.1, 0.15) is 31.9 Å². The highest BCUT2D eigenvalue weighted by atomic mass is 32.2. The normalized spacial score (nSPS) is 12.3. The summed E-state index contributed by atoms with van der Waals surface area (Å²) in [6.45, 7) is 12.9. The van der Waals surface area contributed by atoms with Crippen LogP contribution in [0.4, 0.5) is 0 Å². The van der Waals surface area contributed by atoms with E-state index in [9.17, 15) is 0 Å². The molecule has 4 heteroatoms.